The number of fused-ring (bicyclic) bond motifs is 1. The molecule has 0 spiro atoms. The van der Waals surface area contributed by atoms with Crippen LogP contribution in [-0.2, 0) is 10.5 Å². The molecule has 0 aromatic heterocycles. The fraction of sp³-hybridized carbons (Fsp3) is 0.273. The molecule has 0 atom stereocenters. The SMILES string of the molecule is CNC(=O)CSC1=Nc2ccccc2CS1. The van der Waals surface area contributed by atoms with Gasteiger partial charge in [-0.15, -0.1) is 0 Å². The number of nitrogens with zero attached hydrogens (tertiary/aromatic N) is 1. The number of carbonyl (C=O) groups is 1. The molecule has 0 aliphatic carbocycles. The Labute approximate surface area is 103 Å². The Morgan fingerprint density at radius 1 is 1.56 bits per heavy atom. The Morgan fingerprint density at radius 2 is 2.38 bits per heavy atom. The molecule has 0 saturated carbocycles. The molecule has 2 rings (SSSR count). The maximum Gasteiger partial charge on any atom is 0.230 e. The van der Waals surface area contributed by atoms with Crippen LogP contribution in [0.1, 0.15) is 5.56 Å². The number of hydrogen-bond donors (Lipinski definition) is 1. The highest BCUT2D eigenvalue weighted by Gasteiger charge is 2.13. The largest absolute Gasteiger partial charge is 0.358 e. The third-order valence-corrected chi connectivity index (χ3v) is 4.41. The molecule has 0 saturated heterocycles. The number of thioether (sulfide) groups is 2. The predicted octanol–water partition coefficient (Wildman–Crippen LogP) is 2.40. The molecule has 84 valence electrons. The summed E-state index contributed by atoms with van der Waals surface area (Å²) in [6.07, 6.45) is 0. The zero-order valence-electron chi connectivity index (χ0n) is 8.90. The van der Waals surface area contributed by atoms with Crippen LogP contribution in [-0.4, -0.2) is 23.1 Å². The predicted molar refractivity (Wildman–Crippen MR) is 71.4 cm³/mol. The molecule has 1 amide bonds. The first-order chi connectivity index (χ1) is 7.79. The highest BCUT2D eigenvalue weighted by Crippen LogP contribution is 2.34. The molecule has 3 nitrogen and oxygen atoms in total. The van der Waals surface area contributed by atoms with Gasteiger partial charge in [0.2, 0.25) is 5.91 Å². The van der Waals surface area contributed by atoms with Gasteiger partial charge in [-0.2, -0.15) is 0 Å². The number of amides is 1. The third kappa shape index (κ3) is 2.80. The lowest BCUT2D eigenvalue weighted by atomic mass is 10.2. The maximum absolute atomic E-state index is 11.1. The Balaban J connectivity index is 2.04. The maximum atomic E-state index is 11.1. The molecule has 1 aromatic carbocycles. The highest BCUT2D eigenvalue weighted by molar-refractivity contribution is 8.38. The van der Waals surface area contributed by atoms with Crippen molar-refractivity contribution < 1.29 is 4.79 Å². The quantitative estimate of drug-likeness (QED) is 0.878. The van der Waals surface area contributed by atoms with Crippen LogP contribution < -0.4 is 5.32 Å². The molecule has 5 heteroatoms. The van der Waals surface area contributed by atoms with Crippen LogP contribution in [0.2, 0.25) is 0 Å². The van der Waals surface area contributed by atoms with Gasteiger partial charge in [0, 0.05) is 12.8 Å². The topological polar surface area (TPSA) is 41.5 Å². The fourth-order valence-corrected chi connectivity index (χ4v) is 3.22. The lowest BCUT2D eigenvalue weighted by Gasteiger charge is -2.13. The van der Waals surface area contributed by atoms with Gasteiger partial charge < -0.3 is 5.32 Å². The van der Waals surface area contributed by atoms with Crippen LogP contribution in [0.5, 0.6) is 0 Å². The van der Waals surface area contributed by atoms with E-state index in [1.165, 1.54) is 17.3 Å². The summed E-state index contributed by atoms with van der Waals surface area (Å²) in [4.78, 5) is 15.6. The summed E-state index contributed by atoms with van der Waals surface area (Å²) in [7, 11) is 1.65. The molecule has 0 fully saturated rings. The smallest absolute Gasteiger partial charge is 0.230 e. The Hall–Kier alpha value is -0.940. The molecule has 1 heterocycles. The first-order valence-electron chi connectivity index (χ1n) is 4.92. The number of carbonyl (C=O) groups excluding carboxylic acids is 1. The van der Waals surface area contributed by atoms with Gasteiger partial charge in [-0.05, 0) is 11.6 Å². The van der Waals surface area contributed by atoms with E-state index < -0.39 is 0 Å². The summed E-state index contributed by atoms with van der Waals surface area (Å²) in [5, 5.41) is 2.60. The van der Waals surface area contributed by atoms with Crippen LogP contribution in [0.15, 0.2) is 29.3 Å². The normalized spacial score (nSPS) is 13.9. The van der Waals surface area contributed by atoms with E-state index in [9.17, 15) is 4.79 Å². The minimum atomic E-state index is 0.0344. The number of benzene rings is 1. The average Bonchev–Trinajstić information content (AvgIpc) is 2.35. The molecule has 16 heavy (non-hydrogen) atoms. The van der Waals surface area contributed by atoms with Gasteiger partial charge in [0.1, 0.15) is 4.38 Å². The van der Waals surface area contributed by atoms with Crippen LogP contribution in [0.4, 0.5) is 5.69 Å². The molecule has 1 aliphatic heterocycles. The van der Waals surface area contributed by atoms with E-state index in [1.807, 2.05) is 18.2 Å². The Bertz CT molecular complexity index is 432. The van der Waals surface area contributed by atoms with E-state index in [0.717, 1.165) is 15.8 Å². The molecule has 1 aliphatic rings. The van der Waals surface area contributed by atoms with E-state index in [1.54, 1.807) is 18.8 Å². The number of nitrogens with one attached hydrogen (secondary N) is 1. The first kappa shape index (κ1) is 11.5. The monoisotopic (exact) mass is 252 g/mol. The van der Waals surface area contributed by atoms with Crippen molar-refractivity contribution in [3.8, 4) is 0 Å². The Kier molecular flexibility index (Phi) is 3.90. The van der Waals surface area contributed by atoms with Crippen LogP contribution in [0.25, 0.3) is 0 Å². The standard InChI is InChI=1S/C11H12N2OS2/c1-12-10(14)7-16-11-13-9-5-3-2-4-8(9)6-15-11/h2-5H,6-7H2,1H3,(H,12,14). The van der Waals surface area contributed by atoms with Gasteiger partial charge in [-0.1, -0.05) is 41.7 Å². The lowest BCUT2D eigenvalue weighted by Crippen LogP contribution is -2.20. The Morgan fingerprint density at radius 3 is 3.19 bits per heavy atom. The third-order valence-electron chi connectivity index (χ3n) is 2.16. The molecule has 1 N–H and O–H groups in total. The van der Waals surface area contributed by atoms with Crippen molar-refractivity contribution in [3.05, 3.63) is 29.8 Å². The van der Waals surface area contributed by atoms with Gasteiger partial charge >= 0.3 is 0 Å². The minimum absolute atomic E-state index is 0.0344. The second-order valence-electron chi connectivity index (χ2n) is 3.26. The molecule has 0 bridgehead atoms. The summed E-state index contributed by atoms with van der Waals surface area (Å²) in [6.45, 7) is 0. The second kappa shape index (κ2) is 5.41. The van der Waals surface area contributed by atoms with Gasteiger partial charge in [0.15, 0.2) is 0 Å². The van der Waals surface area contributed by atoms with Crippen molar-refractivity contribution in [1.29, 1.82) is 0 Å². The zero-order chi connectivity index (χ0) is 11.4. The summed E-state index contributed by atoms with van der Waals surface area (Å²) in [6, 6.07) is 8.11. The van der Waals surface area contributed by atoms with E-state index in [0.29, 0.717) is 5.75 Å². The average molecular weight is 252 g/mol. The zero-order valence-corrected chi connectivity index (χ0v) is 10.5. The van der Waals surface area contributed by atoms with Gasteiger partial charge in [-0.3, -0.25) is 4.79 Å². The van der Waals surface area contributed by atoms with Gasteiger partial charge in [0.25, 0.3) is 0 Å². The van der Waals surface area contributed by atoms with Crippen molar-refractivity contribution in [2.45, 2.75) is 5.75 Å². The van der Waals surface area contributed by atoms with Crippen molar-refractivity contribution in [2.75, 3.05) is 12.8 Å². The number of hydrogen-bond acceptors (Lipinski definition) is 4. The van der Waals surface area contributed by atoms with E-state index in [-0.39, 0.29) is 5.91 Å². The van der Waals surface area contributed by atoms with Crippen molar-refractivity contribution in [1.82, 2.24) is 5.32 Å². The summed E-state index contributed by atoms with van der Waals surface area (Å²) >= 11 is 3.19. The lowest BCUT2D eigenvalue weighted by molar-refractivity contribution is -0.118. The van der Waals surface area contributed by atoms with Crippen molar-refractivity contribution >= 4 is 39.5 Å². The van der Waals surface area contributed by atoms with Crippen LogP contribution >= 0.6 is 23.5 Å². The van der Waals surface area contributed by atoms with E-state index in [2.05, 4.69) is 16.4 Å². The summed E-state index contributed by atoms with van der Waals surface area (Å²) < 4.78 is 0.974. The van der Waals surface area contributed by atoms with Crippen molar-refractivity contribution in [2.24, 2.45) is 4.99 Å². The summed E-state index contributed by atoms with van der Waals surface area (Å²) in [5.41, 5.74) is 2.29. The van der Waals surface area contributed by atoms with Crippen LogP contribution in [0.3, 0.4) is 0 Å². The van der Waals surface area contributed by atoms with Crippen molar-refractivity contribution in [3.63, 3.8) is 0 Å². The second-order valence-corrected chi connectivity index (χ2v) is 5.44. The number of rotatable bonds is 2. The highest BCUT2D eigenvalue weighted by atomic mass is 32.2. The molecular weight excluding hydrogens is 240 g/mol. The van der Waals surface area contributed by atoms with Crippen LogP contribution in [0, 0.1) is 0 Å². The fourth-order valence-electron chi connectivity index (χ4n) is 1.29. The number of aliphatic imine (C=N–C) groups is 1. The van der Waals surface area contributed by atoms with Gasteiger partial charge in [-0.25, -0.2) is 4.99 Å². The number of para-hydroxylation sites is 1. The first-order valence-corrected chi connectivity index (χ1v) is 6.89. The summed E-state index contributed by atoms with van der Waals surface area (Å²) in [5.74, 6) is 1.41. The molecule has 0 unspecified atom stereocenters. The minimum Gasteiger partial charge on any atom is -0.358 e. The van der Waals surface area contributed by atoms with E-state index >= 15 is 0 Å². The molecular formula is C11H12N2OS2. The molecule has 0 radical (unpaired) electrons. The van der Waals surface area contributed by atoms with Gasteiger partial charge in [0.05, 0.1) is 11.4 Å². The van der Waals surface area contributed by atoms with E-state index in [4.69, 9.17) is 0 Å². The molecule has 1 aromatic rings.